The van der Waals surface area contributed by atoms with E-state index < -0.39 is 0 Å². The molecule has 0 saturated carbocycles. The average Bonchev–Trinajstić information content (AvgIpc) is 4.08. The van der Waals surface area contributed by atoms with Crippen LogP contribution in [0.25, 0.3) is 136 Å². The lowest BCUT2D eigenvalue weighted by atomic mass is 9.98. The summed E-state index contributed by atoms with van der Waals surface area (Å²) in [5, 5.41) is 18.1. The third kappa shape index (κ3) is 3.66. The number of rotatable bonds is 2. The van der Waals surface area contributed by atoms with Crippen LogP contribution in [0.3, 0.4) is 0 Å². The van der Waals surface area contributed by atoms with E-state index in [0.717, 1.165) is 0 Å². The Labute approximate surface area is 336 Å². The molecule has 15 aromatic rings. The van der Waals surface area contributed by atoms with Crippen molar-refractivity contribution < 1.29 is 0 Å². The van der Waals surface area contributed by atoms with Gasteiger partial charge in [0.2, 0.25) is 0 Å². The van der Waals surface area contributed by atoms with E-state index in [-0.39, 0.29) is 0 Å². The van der Waals surface area contributed by atoms with E-state index >= 15 is 0 Å². The van der Waals surface area contributed by atoms with Gasteiger partial charge in [-0.25, -0.2) is 0 Å². The van der Waals surface area contributed by atoms with Crippen LogP contribution in [0.15, 0.2) is 188 Å². The Kier molecular flexibility index (Phi) is 5.41. The molecule has 3 heteroatoms. The minimum atomic E-state index is 1.17. The second-order valence-corrected chi connectivity index (χ2v) is 16.5. The zero-order valence-corrected chi connectivity index (χ0v) is 31.7. The summed E-state index contributed by atoms with van der Waals surface area (Å²) >= 11 is 0. The Morgan fingerprint density at radius 2 is 0.847 bits per heavy atom. The summed E-state index contributed by atoms with van der Waals surface area (Å²) in [6.45, 7) is 0. The molecule has 0 bridgehead atoms. The highest BCUT2D eigenvalue weighted by atomic mass is 15.0. The van der Waals surface area contributed by atoms with Gasteiger partial charge in [-0.3, -0.25) is 0 Å². The molecular weight excluding hydrogens is 715 g/mol. The van der Waals surface area contributed by atoms with Gasteiger partial charge in [0.15, 0.2) is 0 Å². The maximum atomic E-state index is 2.58. The van der Waals surface area contributed by atoms with Gasteiger partial charge in [0.05, 0.1) is 44.1 Å². The number of para-hydroxylation sites is 4. The maximum Gasteiger partial charge on any atom is 0.0627 e. The van der Waals surface area contributed by atoms with E-state index in [4.69, 9.17) is 0 Å². The van der Waals surface area contributed by atoms with Crippen LogP contribution in [0.1, 0.15) is 0 Å². The number of hydrogen-bond donors (Lipinski definition) is 0. The summed E-state index contributed by atoms with van der Waals surface area (Å²) in [7, 11) is 0. The van der Waals surface area contributed by atoms with Crippen molar-refractivity contribution in [1.82, 2.24) is 13.4 Å². The highest BCUT2D eigenvalue weighted by molar-refractivity contribution is 6.34. The summed E-state index contributed by atoms with van der Waals surface area (Å²) in [6, 6.07) is 70.3. The summed E-state index contributed by atoms with van der Waals surface area (Å²) in [4.78, 5) is 0. The molecule has 0 unspecified atom stereocenters. The minimum absolute atomic E-state index is 1.17. The fourth-order valence-corrected chi connectivity index (χ4v) is 11.2. The van der Waals surface area contributed by atoms with E-state index in [1.807, 2.05) is 0 Å². The molecule has 0 aliphatic carbocycles. The van der Waals surface area contributed by atoms with Gasteiger partial charge in [0.1, 0.15) is 0 Å². The van der Waals surface area contributed by atoms with Crippen LogP contribution in [0.5, 0.6) is 0 Å². The smallest absolute Gasteiger partial charge is 0.0627 e. The van der Waals surface area contributed by atoms with Gasteiger partial charge in [0, 0.05) is 65.1 Å². The monoisotopic (exact) mass is 745 g/mol. The molecule has 59 heavy (non-hydrogen) atoms. The summed E-state index contributed by atoms with van der Waals surface area (Å²) < 4.78 is 7.54. The third-order valence-electron chi connectivity index (χ3n) is 13.6. The maximum absolute atomic E-state index is 2.58. The minimum Gasteiger partial charge on any atom is -0.309 e. The van der Waals surface area contributed by atoms with Crippen LogP contribution in [-0.4, -0.2) is 13.4 Å². The van der Waals surface area contributed by atoms with Crippen molar-refractivity contribution in [3.05, 3.63) is 188 Å². The molecule has 15 rings (SSSR count). The summed E-state index contributed by atoms with van der Waals surface area (Å²) in [6.07, 6.45) is 0. The molecule has 0 aliphatic rings. The molecule has 0 aliphatic heterocycles. The lowest BCUT2D eigenvalue weighted by molar-refractivity contribution is 1.18. The van der Waals surface area contributed by atoms with Crippen molar-refractivity contribution in [3.8, 4) is 16.8 Å². The van der Waals surface area contributed by atoms with E-state index in [1.165, 1.54) is 136 Å². The van der Waals surface area contributed by atoms with Crippen LogP contribution in [0.2, 0.25) is 0 Å². The topological polar surface area (TPSA) is 13.8 Å². The predicted octanol–water partition coefficient (Wildman–Crippen LogP) is 15.1. The molecule has 5 aromatic heterocycles. The fraction of sp³-hybridized carbons (Fsp3) is 0. The first-order valence-corrected chi connectivity index (χ1v) is 20.5. The molecule has 0 fully saturated rings. The fourth-order valence-electron chi connectivity index (χ4n) is 11.2. The van der Waals surface area contributed by atoms with Gasteiger partial charge in [-0.2, -0.15) is 0 Å². The molecule has 3 nitrogen and oxygen atoms in total. The predicted molar refractivity (Wildman–Crippen MR) is 251 cm³/mol. The molecular formula is C56H31N3. The molecule has 0 radical (unpaired) electrons. The zero-order valence-electron chi connectivity index (χ0n) is 31.7. The number of aromatic nitrogens is 3. The lowest BCUT2D eigenvalue weighted by Crippen LogP contribution is -1.93. The summed E-state index contributed by atoms with van der Waals surface area (Å²) in [5.74, 6) is 0. The second kappa shape index (κ2) is 10.5. The number of benzene rings is 10. The SMILES string of the molecule is c1ccc(-n2c3ccccc3c3cc(-c4cccc5c6cccc7c8cc9c(cc8n(c45)c76)c4cc5ccccc5c5c6cc7ccccc7cc6n9c45)ccc32)cc1. The van der Waals surface area contributed by atoms with Crippen LogP contribution in [0, 0.1) is 0 Å². The third-order valence-corrected chi connectivity index (χ3v) is 13.6. The van der Waals surface area contributed by atoms with E-state index in [0.29, 0.717) is 0 Å². The summed E-state index contributed by atoms with van der Waals surface area (Å²) in [5.41, 5.74) is 13.7. The highest BCUT2D eigenvalue weighted by Gasteiger charge is 2.25. The van der Waals surface area contributed by atoms with Crippen molar-refractivity contribution in [1.29, 1.82) is 0 Å². The molecule has 10 aromatic carbocycles. The Bertz CT molecular complexity index is 4290. The Balaban J connectivity index is 1.08. The first-order valence-electron chi connectivity index (χ1n) is 20.5. The second-order valence-electron chi connectivity index (χ2n) is 16.5. The van der Waals surface area contributed by atoms with Crippen molar-refractivity contribution >= 4 is 120 Å². The van der Waals surface area contributed by atoms with E-state index in [9.17, 15) is 0 Å². The standard InChI is InChI=1S/C56H31N3/c1-2-15-36(16-3-1)57-48-23-9-8-18-39(48)43-27-35(24-25-49(43)57)38-19-10-20-40-41-21-11-22-42-44-30-51-45(31-52(44)59(54(38)40)55(41)42)46-28-34-14-6-7-17-37(34)53-47-26-32-12-4-5-13-33(32)29-50(47)58(51)56(46)53/h1-31H. The van der Waals surface area contributed by atoms with Gasteiger partial charge < -0.3 is 13.4 Å². The molecule has 0 spiro atoms. The average molecular weight is 746 g/mol. The Morgan fingerprint density at radius 1 is 0.271 bits per heavy atom. The molecule has 0 amide bonds. The van der Waals surface area contributed by atoms with Crippen LogP contribution in [-0.2, 0) is 0 Å². The quantitative estimate of drug-likeness (QED) is 0.167. The lowest BCUT2D eigenvalue weighted by Gasteiger charge is -2.09. The van der Waals surface area contributed by atoms with Crippen LogP contribution >= 0.6 is 0 Å². The van der Waals surface area contributed by atoms with Crippen LogP contribution in [0.4, 0.5) is 0 Å². The molecule has 270 valence electrons. The van der Waals surface area contributed by atoms with Gasteiger partial charge in [-0.1, -0.05) is 127 Å². The highest BCUT2D eigenvalue weighted by Crippen LogP contribution is 2.48. The Hall–Kier alpha value is -7.88. The van der Waals surface area contributed by atoms with Crippen LogP contribution < -0.4 is 0 Å². The first-order chi connectivity index (χ1) is 29.3. The molecule has 0 N–H and O–H groups in total. The Morgan fingerprint density at radius 3 is 1.69 bits per heavy atom. The van der Waals surface area contributed by atoms with E-state index in [1.54, 1.807) is 0 Å². The first kappa shape index (κ1) is 30.3. The number of fused-ring (bicyclic) bond motifs is 18. The zero-order chi connectivity index (χ0) is 38.1. The number of hydrogen-bond acceptors (Lipinski definition) is 0. The van der Waals surface area contributed by atoms with Crippen molar-refractivity contribution in [2.75, 3.05) is 0 Å². The molecule has 5 heterocycles. The van der Waals surface area contributed by atoms with Gasteiger partial charge in [0.25, 0.3) is 0 Å². The van der Waals surface area contributed by atoms with Crippen molar-refractivity contribution in [3.63, 3.8) is 0 Å². The van der Waals surface area contributed by atoms with Gasteiger partial charge in [-0.15, -0.1) is 0 Å². The molecule has 0 atom stereocenters. The number of nitrogens with zero attached hydrogens (tertiary/aromatic N) is 3. The van der Waals surface area contributed by atoms with Crippen molar-refractivity contribution in [2.45, 2.75) is 0 Å². The van der Waals surface area contributed by atoms with Gasteiger partial charge >= 0.3 is 0 Å². The van der Waals surface area contributed by atoms with Gasteiger partial charge in [-0.05, 0) is 87.8 Å². The normalized spacial score (nSPS) is 12.7. The van der Waals surface area contributed by atoms with Crippen molar-refractivity contribution in [2.24, 2.45) is 0 Å². The molecule has 0 saturated heterocycles. The van der Waals surface area contributed by atoms with E-state index in [2.05, 4.69) is 201 Å². The largest absolute Gasteiger partial charge is 0.309 e.